The van der Waals surface area contributed by atoms with Crippen LogP contribution in [0.3, 0.4) is 0 Å². The molecular weight excluding hydrogens is 355 g/mol. The molecule has 0 radical (unpaired) electrons. The van der Waals surface area contributed by atoms with Gasteiger partial charge < -0.3 is 15.4 Å². The first-order chi connectivity index (χ1) is 12.4. The SMILES string of the molecule is [N-]=[N+]=NCCCC(N)OP(=O)(CCCCc1ccccc1)CCC(=O)O. The third-order valence-corrected chi connectivity index (χ3v) is 6.42. The minimum Gasteiger partial charge on any atom is -0.481 e. The van der Waals surface area contributed by atoms with Crippen LogP contribution in [0.5, 0.6) is 0 Å². The van der Waals surface area contributed by atoms with Gasteiger partial charge in [0, 0.05) is 23.8 Å². The molecule has 0 heterocycles. The van der Waals surface area contributed by atoms with Crippen molar-refractivity contribution in [2.75, 3.05) is 18.9 Å². The molecule has 0 bridgehead atoms. The van der Waals surface area contributed by atoms with Crippen molar-refractivity contribution in [3.63, 3.8) is 0 Å². The maximum Gasteiger partial charge on any atom is 0.303 e. The van der Waals surface area contributed by atoms with E-state index in [4.69, 9.17) is 20.9 Å². The summed E-state index contributed by atoms with van der Waals surface area (Å²) in [6.45, 7) is 0.296. The van der Waals surface area contributed by atoms with E-state index in [9.17, 15) is 9.36 Å². The molecule has 2 atom stereocenters. The molecular formula is C17H27N4O4P. The Morgan fingerprint density at radius 1 is 1.27 bits per heavy atom. The molecule has 0 aliphatic heterocycles. The highest BCUT2D eigenvalue weighted by molar-refractivity contribution is 7.59. The van der Waals surface area contributed by atoms with Crippen molar-refractivity contribution in [1.82, 2.24) is 0 Å². The molecule has 1 aromatic carbocycles. The second-order valence-corrected chi connectivity index (χ2v) is 8.82. The van der Waals surface area contributed by atoms with Gasteiger partial charge in [-0.1, -0.05) is 35.4 Å². The predicted molar refractivity (Wildman–Crippen MR) is 101 cm³/mol. The van der Waals surface area contributed by atoms with E-state index in [2.05, 4.69) is 10.0 Å². The van der Waals surface area contributed by atoms with E-state index in [-0.39, 0.29) is 12.6 Å². The summed E-state index contributed by atoms with van der Waals surface area (Å²) in [5, 5.41) is 12.3. The number of nitrogens with two attached hydrogens (primary N) is 1. The summed E-state index contributed by atoms with van der Waals surface area (Å²) in [4.78, 5) is 13.5. The van der Waals surface area contributed by atoms with Crippen molar-refractivity contribution < 1.29 is 19.0 Å². The maximum absolute atomic E-state index is 13.0. The number of nitrogens with zero attached hydrogens (tertiary/aromatic N) is 3. The smallest absolute Gasteiger partial charge is 0.303 e. The van der Waals surface area contributed by atoms with Crippen LogP contribution in [0.4, 0.5) is 0 Å². The first-order valence-corrected chi connectivity index (χ1v) is 10.7. The van der Waals surface area contributed by atoms with Gasteiger partial charge in [0.25, 0.3) is 0 Å². The summed E-state index contributed by atoms with van der Waals surface area (Å²) in [5.41, 5.74) is 15.3. The number of benzene rings is 1. The molecule has 1 aromatic rings. The monoisotopic (exact) mass is 382 g/mol. The maximum atomic E-state index is 13.0. The lowest BCUT2D eigenvalue weighted by Gasteiger charge is -2.22. The van der Waals surface area contributed by atoms with Crippen molar-refractivity contribution in [2.24, 2.45) is 10.8 Å². The van der Waals surface area contributed by atoms with E-state index < -0.39 is 19.6 Å². The van der Waals surface area contributed by atoms with E-state index in [1.165, 1.54) is 5.56 Å². The molecule has 1 rings (SSSR count). The quantitative estimate of drug-likeness (QED) is 0.124. The van der Waals surface area contributed by atoms with Gasteiger partial charge in [-0.15, -0.1) is 0 Å². The van der Waals surface area contributed by atoms with Crippen LogP contribution in [-0.4, -0.2) is 36.2 Å². The molecule has 0 fully saturated rings. The number of rotatable bonds is 14. The largest absolute Gasteiger partial charge is 0.481 e. The third kappa shape index (κ3) is 10.2. The summed E-state index contributed by atoms with van der Waals surface area (Å²) in [6, 6.07) is 10.00. The lowest BCUT2D eigenvalue weighted by Crippen LogP contribution is -2.24. The fourth-order valence-electron chi connectivity index (χ4n) is 2.52. The Balaban J connectivity index is 2.48. The van der Waals surface area contributed by atoms with Gasteiger partial charge in [-0.05, 0) is 43.2 Å². The van der Waals surface area contributed by atoms with Gasteiger partial charge in [0.1, 0.15) is 6.23 Å². The van der Waals surface area contributed by atoms with E-state index in [1.807, 2.05) is 30.3 Å². The minimum atomic E-state index is -3.12. The number of hydrogen-bond donors (Lipinski definition) is 2. The van der Waals surface area contributed by atoms with Gasteiger partial charge in [-0.2, -0.15) is 0 Å². The van der Waals surface area contributed by atoms with Crippen LogP contribution >= 0.6 is 7.37 Å². The first kappa shape index (κ1) is 22.2. The van der Waals surface area contributed by atoms with Gasteiger partial charge in [-0.3, -0.25) is 9.36 Å². The molecule has 0 amide bonds. The molecule has 26 heavy (non-hydrogen) atoms. The number of aryl methyl sites for hydroxylation is 1. The zero-order valence-corrected chi connectivity index (χ0v) is 15.8. The van der Waals surface area contributed by atoms with Crippen LogP contribution in [0.1, 0.15) is 37.7 Å². The van der Waals surface area contributed by atoms with Crippen LogP contribution in [0, 0.1) is 0 Å². The Morgan fingerprint density at radius 2 is 2.00 bits per heavy atom. The Hall–Kier alpha value is -1.85. The first-order valence-electron chi connectivity index (χ1n) is 8.74. The van der Waals surface area contributed by atoms with Gasteiger partial charge in [-0.25, -0.2) is 0 Å². The topological polar surface area (TPSA) is 138 Å². The van der Waals surface area contributed by atoms with Crippen molar-refractivity contribution in [3.8, 4) is 0 Å². The van der Waals surface area contributed by atoms with Gasteiger partial charge in [0.15, 0.2) is 0 Å². The van der Waals surface area contributed by atoms with Crippen LogP contribution in [0.2, 0.25) is 0 Å². The summed E-state index contributed by atoms with van der Waals surface area (Å²) >= 11 is 0. The van der Waals surface area contributed by atoms with Gasteiger partial charge in [0.2, 0.25) is 7.37 Å². The molecule has 8 nitrogen and oxygen atoms in total. The predicted octanol–water partition coefficient (Wildman–Crippen LogP) is 4.15. The molecule has 3 N–H and O–H groups in total. The summed E-state index contributed by atoms with van der Waals surface area (Å²) in [7, 11) is -3.12. The number of azide groups is 1. The number of carboxylic acid groups (broad SMARTS) is 1. The lowest BCUT2D eigenvalue weighted by molar-refractivity contribution is -0.136. The molecule has 0 aliphatic rings. The van der Waals surface area contributed by atoms with Crippen LogP contribution in [-0.2, 0) is 20.3 Å². The van der Waals surface area contributed by atoms with E-state index in [1.54, 1.807) is 0 Å². The van der Waals surface area contributed by atoms with Crippen molar-refractivity contribution >= 4 is 13.3 Å². The summed E-state index contributed by atoms with van der Waals surface area (Å²) in [6.07, 6.45) is 2.66. The third-order valence-electron chi connectivity index (χ3n) is 3.86. The average Bonchev–Trinajstić information content (AvgIpc) is 2.62. The zero-order valence-electron chi connectivity index (χ0n) is 14.9. The second-order valence-electron chi connectivity index (χ2n) is 6.09. The Morgan fingerprint density at radius 3 is 2.65 bits per heavy atom. The molecule has 144 valence electrons. The molecule has 0 aromatic heterocycles. The van der Waals surface area contributed by atoms with Crippen molar-refractivity contribution in [2.45, 2.75) is 44.8 Å². The van der Waals surface area contributed by atoms with Crippen molar-refractivity contribution in [1.29, 1.82) is 0 Å². The van der Waals surface area contributed by atoms with E-state index in [0.717, 1.165) is 12.8 Å². The fraction of sp³-hybridized carbons (Fsp3) is 0.588. The van der Waals surface area contributed by atoms with E-state index >= 15 is 0 Å². The van der Waals surface area contributed by atoms with Gasteiger partial charge in [0.05, 0.1) is 6.42 Å². The standard InChI is InChI=1S/C17H27N4O4P/c18-16(10-6-12-20-21-19)25-26(24,14-11-17(22)23)13-5-4-9-15-7-2-1-3-8-15/h1-3,7-8,16H,4-6,9-14,18H2,(H,22,23). The summed E-state index contributed by atoms with van der Waals surface area (Å²) < 4.78 is 18.5. The molecule has 0 spiro atoms. The highest BCUT2D eigenvalue weighted by atomic mass is 31.2. The average molecular weight is 382 g/mol. The van der Waals surface area contributed by atoms with Crippen LogP contribution in [0.25, 0.3) is 10.4 Å². The Bertz CT molecular complexity index is 635. The molecule has 0 saturated heterocycles. The Labute approximate surface area is 153 Å². The zero-order chi connectivity index (χ0) is 19.3. The highest BCUT2D eigenvalue weighted by Crippen LogP contribution is 2.49. The van der Waals surface area contributed by atoms with Gasteiger partial charge >= 0.3 is 5.97 Å². The number of unbranched alkanes of at least 4 members (excludes halogenated alkanes) is 1. The second kappa shape index (κ2) is 12.5. The Kier molecular flexibility index (Phi) is 10.7. The van der Waals surface area contributed by atoms with Crippen LogP contribution in [0.15, 0.2) is 35.4 Å². The fourth-order valence-corrected chi connectivity index (χ4v) is 4.79. The molecule has 0 aliphatic carbocycles. The molecule has 2 unspecified atom stereocenters. The summed E-state index contributed by atoms with van der Waals surface area (Å²) in [5.74, 6) is -1.00. The van der Waals surface area contributed by atoms with Crippen molar-refractivity contribution in [3.05, 3.63) is 46.3 Å². The number of aliphatic carboxylic acids is 1. The van der Waals surface area contributed by atoms with Crippen LogP contribution < -0.4 is 5.73 Å². The molecule has 9 heteroatoms. The number of carboxylic acids is 1. The molecule has 0 saturated carbocycles. The number of carbonyl (C=O) groups is 1. The van der Waals surface area contributed by atoms with E-state index in [0.29, 0.717) is 32.0 Å². The number of hydrogen-bond acceptors (Lipinski definition) is 5. The lowest BCUT2D eigenvalue weighted by atomic mass is 10.1. The minimum absolute atomic E-state index is 0.0162. The highest BCUT2D eigenvalue weighted by Gasteiger charge is 2.26. The normalized spacial score (nSPS) is 14.2.